The van der Waals surface area contributed by atoms with Crippen LogP contribution in [0.2, 0.25) is 0 Å². The van der Waals surface area contributed by atoms with Crippen molar-refractivity contribution in [1.29, 1.82) is 0 Å². The molecule has 9 heteroatoms. The minimum Gasteiger partial charge on any atom is -0.391 e. The van der Waals surface area contributed by atoms with Crippen LogP contribution in [0.3, 0.4) is 0 Å². The predicted molar refractivity (Wildman–Crippen MR) is 170 cm³/mol. The molecule has 0 bridgehead atoms. The van der Waals surface area contributed by atoms with E-state index in [1.54, 1.807) is 12.3 Å². The number of carbonyl (C=O) groups excluding carboxylic acids is 1. The molecule has 1 aliphatic heterocycles. The van der Waals surface area contributed by atoms with E-state index in [2.05, 4.69) is 57.6 Å². The number of nitrogens with zero attached hydrogens (tertiary/aromatic N) is 3. The number of fused-ring (bicyclic) bond motifs is 3. The summed E-state index contributed by atoms with van der Waals surface area (Å²) in [4.78, 5) is 33.7. The Labute approximate surface area is 255 Å². The molecule has 0 fully saturated rings. The third-order valence-electron chi connectivity index (χ3n) is 8.00. The van der Waals surface area contributed by atoms with Crippen LogP contribution in [-0.2, 0) is 11.2 Å². The molecule has 0 saturated heterocycles. The van der Waals surface area contributed by atoms with Gasteiger partial charge >= 0.3 is 12.0 Å². The van der Waals surface area contributed by atoms with E-state index in [-0.39, 0.29) is 11.6 Å². The molecule has 1 aliphatic rings. The lowest BCUT2D eigenvalue weighted by atomic mass is 9.95. The number of esters is 1. The van der Waals surface area contributed by atoms with Crippen LogP contribution >= 0.6 is 11.8 Å². The number of carbonyl (C=O) groups is 1. The van der Waals surface area contributed by atoms with E-state index in [4.69, 9.17) is 9.26 Å². The van der Waals surface area contributed by atoms with Gasteiger partial charge in [-0.15, -0.1) is 11.8 Å². The summed E-state index contributed by atoms with van der Waals surface area (Å²) in [5.41, 5.74) is 3.99. The number of hydrogen-bond donors (Lipinski definition) is 1. The second kappa shape index (κ2) is 10.7. The zero-order valence-electron chi connectivity index (χ0n) is 23.3. The molecule has 8 rings (SSSR count). The maximum atomic E-state index is 13.7. The van der Waals surface area contributed by atoms with Crippen LogP contribution in [0.15, 0.2) is 124 Å². The first-order chi connectivity index (χ1) is 21.6. The monoisotopic (exact) mass is 596 g/mol. The number of imidazole rings is 1. The molecule has 214 valence electrons. The van der Waals surface area contributed by atoms with Gasteiger partial charge < -0.3 is 14.2 Å². The number of H-pyrrole nitrogens is 1. The van der Waals surface area contributed by atoms with Crippen molar-refractivity contribution in [3.05, 3.63) is 131 Å². The third kappa shape index (κ3) is 4.49. The molecule has 0 amide bonds. The van der Waals surface area contributed by atoms with Gasteiger partial charge in [0.2, 0.25) is 0 Å². The molecule has 1 atom stereocenters. The number of rotatable bonds is 6. The normalized spacial score (nSPS) is 14.2. The van der Waals surface area contributed by atoms with Crippen molar-refractivity contribution in [1.82, 2.24) is 19.7 Å². The molecule has 4 heterocycles. The van der Waals surface area contributed by atoms with E-state index in [9.17, 15) is 9.59 Å². The molecular formula is C35H24N4O4S. The number of benzene rings is 4. The van der Waals surface area contributed by atoms with E-state index in [1.165, 1.54) is 22.5 Å². The fraction of sp³-hybridized carbons (Fsp3) is 0.0857. The van der Waals surface area contributed by atoms with E-state index >= 15 is 0 Å². The SMILES string of the molecule is O=C(Oc1ncc[nH]1)C1CSc2c(-c3cc(-c4cccc5ccccc45)no3)c(Cc3cccc4ccccc34)cc(=O)n21. The van der Waals surface area contributed by atoms with Crippen LogP contribution in [-0.4, -0.2) is 31.4 Å². The number of aromatic amines is 1. The summed E-state index contributed by atoms with van der Waals surface area (Å²) < 4.78 is 13.0. The lowest BCUT2D eigenvalue weighted by molar-refractivity contribution is -0.138. The largest absolute Gasteiger partial charge is 0.391 e. The first-order valence-corrected chi connectivity index (χ1v) is 15.2. The fourth-order valence-corrected chi connectivity index (χ4v) is 7.32. The molecule has 3 aromatic heterocycles. The second-order valence-corrected chi connectivity index (χ2v) is 11.6. The van der Waals surface area contributed by atoms with Crippen LogP contribution in [0.25, 0.3) is 44.1 Å². The number of thioether (sulfide) groups is 1. The Bertz CT molecular complexity index is 2240. The van der Waals surface area contributed by atoms with Gasteiger partial charge in [-0.3, -0.25) is 9.36 Å². The van der Waals surface area contributed by atoms with E-state index in [0.29, 0.717) is 28.7 Å². The number of ether oxygens (including phenoxy) is 1. The molecule has 0 aliphatic carbocycles. The predicted octanol–water partition coefficient (Wildman–Crippen LogP) is 7.04. The summed E-state index contributed by atoms with van der Waals surface area (Å²) in [5, 5.41) is 9.54. The maximum Gasteiger partial charge on any atom is 0.337 e. The molecule has 0 radical (unpaired) electrons. The molecule has 4 aromatic carbocycles. The Balaban J connectivity index is 1.28. The molecular weight excluding hydrogens is 572 g/mol. The quantitative estimate of drug-likeness (QED) is 0.205. The van der Waals surface area contributed by atoms with Crippen molar-refractivity contribution in [3.8, 4) is 28.6 Å². The topological polar surface area (TPSA) is 103 Å². The van der Waals surface area contributed by atoms with Crippen molar-refractivity contribution in [2.45, 2.75) is 17.5 Å². The number of pyridine rings is 1. The van der Waals surface area contributed by atoms with Crippen molar-refractivity contribution in [2.75, 3.05) is 5.75 Å². The van der Waals surface area contributed by atoms with Gasteiger partial charge in [-0.1, -0.05) is 90.1 Å². The standard InChI is InChI=1S/C35H24N4O4S/c40-31-18-24(17-23-11-5-9-21-7-1-3-12-25(21)23)32(33-39(31)29(20-44-33)34(41)42-35-36-15-16-37-35)30-19-28(38-43-30)27-14-6-10-22-8-2-4-13-26(22)27/h1-16,18-19,29H,17,20H2,(H,36,37). The highest BCUT2D eigenvalue weighted by molar-refractivity contribution is 7.99. The first kappa shape index (κ1) is 26.2. The average molecular weight is 597 g/mol. The molecule has 44 heavy (non-hydrogen) atoms. The zero-order chi connectivity index (χ0) is 29.6. The van der Waals surface area contributed by atoms with Crippen molar-refractivity contribution in [3.63, 3.8) is 0 Å². The third-order valence-corrected chi connectivity index (χ3v) is 9.16. The lowest BCUT2D eigenvalue weighted by Gasteiger charge is -2.16. The highest BCUT2D eigenvalue weighted by atomic mass is 32.2. The molecule has 0 saturated carbocycles. The molecule has 1 unspecified atom stereocenters. The van der Waals surface area contributed by atoms with Crippen LogP contribution in [0.4, 0.5) is 0 Å². The summed E-state index contributed by atoms with van der Waals surface area (Å²) in [6.45, 7) is 0. The number of hydrogen-bond acceptors (Lipinski definition) is 7. The van der Waals surface area contributed by atoms with Gasteiger partial charge in [0, 0.05) is 35.8 Å². The highest BCUT2D eigenvalue weighted by Gasteiger charge is 2.36. The van der Waals surface area contributed by atoms with Crippen LogP contribution in [0.5, 0.6) is 6.01 Å². The summed E-state index contributed by atoms with van der Waals surface area (Å²) in [5.74, 6) is 0.304. The van der Waals surface area contributed by atoms with E-state index in [1.807, 2.05) is 48.5 Å². The number of aromatic nitrogens is 4. The zero-order valence-corrected chi connectivity index (χ0v) is 24.1. The van der Waals surface area contributed by atoms with Gasteiger partial charge in [0.1, 0.15) is 11.7 Å². The van der Waals surface area contributed by atoms with Gasteiger partial charge in [-0.25, -0.2) is 9.78 Å². The Morgan fingerprint density at radius 1 is 0.932 bits per heavy atom. The van der Waals surface area contributed by atoms with Gasteiger partial charge in [0.25, 0.3) is 5.56 Å². The molecule has 0 spiro atoms. The van der Waals surface area contributed by atoms with Crippen molar-refractivity contribution < 1.29 is 14.1 Å². The molecule has 1 N–H and O–H groups in total. The Hall–Kier alpha value is -5.41. The van der Waals surface area contributed by atoms with Crippen molar-refractivity contribution in [2.24, 2.45) is 0 Å². The van der Waals surface area contributed by atoms with Gasteiger partial charge in [-0.2, -0.15) is 0 Å². The Morgan fingerprint density at radius 2 is 1.68 bits per heavy atom. The van der Waals surface area contributed by atoms with Gasteiger partial charge in [0.05, 0.1) is 10.6 Å². The maximum absolute atomic E-state index is 13.7. The Morgan fingerprint density at radius 3 is 2.50 bits per heavy atom. The van der Waals surface area contributed by atoms with Gasteiger partial charge in [0.15, 0.2) is 5.76 Å². The van der Waals surface area contributed by atoms with Crippen LogP contribution < -0.4 is 10.3 Å². The summed E-state index contributed by atoms with van der Waals surface area (Å²) >= 11 is 1.43. The first-order valence-electron chi connectivity index (χ1n) is 14.2. The fourth-order valence-electron chi connectivity index (χ4n) is 5.98. The molecule has 7 aromatic rings. The number of nitrogens with one attached hydrogen (secondary N) is 1. The summed E-state index contributed by atoms with van der Waals surface area (Å²) in [7, 11) is 0. The Kier molecular flexibility index (Phi) is 6.38. The van der Waals surface area contributed by atoms with Crippen LogP contribution in [0, 0.1) is 0 Å². The van der Waals surface area contributed by atoms with Crippen molar-refractivity contribution >= 4 is 39.3 Å². The smallest absolute Gasteiger partial charge is 0.337 e. The second-order valence-electron chi connectivity index (χ2n) is 10.6. The highest BCUT2D eigenvalue weighted by Crippen LogP contribution is 2.43. The van der Waals surface area contributed by atoms with E-state index < -0.39 is 12.0 Å². The van der Waals surface area contributed by atoms with Crippen LogP contribution in [0.1, 0.15) is 17.2 Å². The minimum atomic E-state index is -0.821. The minimum absolute atomic E-state index is 0.0873. The molecule has 8 nitrogen and oxygen atoms in total. The lowest BCUT2D eigenvalue weighted by Crippen LogP contribution is -2.32. The van der Waals surface area contributed by atoms with Gasteiger partial charge in [-0.05, 0) is 39.1 Å². The summed E-state index contributed by atoms with van der Waals surface area (Å²) in [6, 6.07) is 31.4. The van der Waals surface area contributed by atoms with E-state index in [0.717, 1.165) is 43.8 Å². The average Bonchev–Trinajstić information content (AvgIpc) is 3.83. The summed E-state index contributed by atoms with van der Waals surface area (Å²) in [6.07, 6.45) is 3.56.